The zero-order chi connectivity index (χ0) is 22.3. The fraction of sp³-hybridized carbons (Fsp3) is 0.240. The molecule has 0 unspecified atom stereocenters. The zero-order valence-corrected chi connectivity index (χ0v) is 17.7. The highest BCUT2D eigenvalue weighted by Crippen LogP contribution is 2.21. The largest absolute Gasteiger partial charge is 0.480 e. The summed E-state index contributed by atoms with van der Waals surface area (Å²) in [5, 5.41) is 13.5. The summed E-state index contributed by atoms with van der Waals surface area (Å²) in [7, 11) is 0. The van der Waals surface area contributed by atoms with Crippen LogP contribution in [0.25, 0.3) is 0 Å². The molecule has 164 valence electrons. The Hall–Kier alpha value is -3.71. The number of aromatic nitrogens is 1. The number of hydrogen-bond acceptors (Lipinski definition) is 5. The van der Waals surface area contributed by atoms with E-state index in [1.807, 2.05) is 53.5 Å². The van der Waals surface area contributed by atoms with Crippen LogP contribution in [0.5, 0.6) is 0 Å². The summed E-state index contributed by atoms with van der Waals surface area (Å²) in [4.78, 5) is 32.2. The van der Waals surface area contributed by atoms with Crippen molar-refractivity contribution in [2.45, 2.75) is 12.5 Å². The predicted molar refractivity (Wildman–Crippen MR) is 122 cm³/mol. The number of hydrogen-bond donors (Lipinski definition) is 1. The molecule has 1 fully saturated rings. The average Bonchev–Trinajstić information content (AvgIpc) is 2.85. The van der Waals surface area contributed by atoms with Crippen molar-refractivity contribution >= 4 is 17.6 Å². The predicted octanol–water partition coefficient (Wildman–Crippen LogP) is 2.96. The number of piperazine rings is 1. The van der Waals surface area contributed by atoms with E-state index in [9.17, 15) is 14.7 Å². The minimum Gasteiger partial charge on any atom is -0.480 e. The number of rotatable bonds is 7. The number of carbonyl (C=O) groups excluding carboxylic acids is 1. The number of carbonyl (C=O) groups is 2. The standard InChI is InChI=1S/C25H26N4O3/c30-24(21-9-5-2-6-10-21)29(23(25(31)32)19-20-7-3-1-4-8-20)28-17-15-27(16-18-28)22-11-13-26-14-12-22/h1-14,23H,15-19H2,(H,31,32)/t23-/m0/s1. The highest BCUT2D eigenvalue weighted by atomic mass is 16.4. The molecular formula is C25H26N4O3. The third-order valence-electron chi connectivity index (χ3n) is 5.67. The Morgan fingerprint density at radius 1 is 0.875 bits per heavy atom. The third-order valence-corrected chi connectivity index (χ3v) is 5.67. The summed E-state index contributed by atoms with van der Waals surface area (Å²) in [6.07, 6.45) is 3.75. The van der Waals surface area contributed by atoms with E-state index in [0.29, 0.717) is 31.7 Å². The molecule has 0 radical (unpaired) electrons. The number of carboxylic acids is 1. The van der Waals surface area contributed by atoms with Crippen LogP contribution in [0, 0.1) is 0 Å². The number of benzene rings is 2. The first-order valence-electron chi connectivity index (χ1n) is 10.7. The van der Waals surface area contributed by atoms with Gasteiger partial charge < -0.3 is 10.0 Å². The first kappa shape index (κ1) is 21.5. The van der Waals surface area contributed by atoms with Gasteiger partial charge in [-0.1, -0.05) is 48.5 Å². The lowest BCUT2D eigenvalue weighted by atomic mass is 10.0. The number of pyridine rings is 1. The van der Waals surface area contributed by atoms with Crippen molar-refractivity contribution in [2.24, 2.45) is 0 Å². The van der Waals surface area contributed by atoms with Gasteiger partial charge in [0.15, 0.2) is 0 Å². The van der Waals surface area contributed by atoms with E-state index in [-0.39, 0.29) is 12.3 Å². The Bertz CT molecular complexity index is 1020. The van der Waals surface area contributed by atoms with Gasteiger partial charge in [0.1, 0.15) is 6.04 Å². The lowest BCUT2D eigenvalue weighted by molar-refractivity contribution is -0.149. The number of hydrazine groups is 1. The molecule has 1 aromatic heterocycles. The van der Waals surface area contributed by atoms with Gasteiger partial charge in [-0.15, -0.1) is 0 Å². The first-order valence-corrected chi connectivity index (χ1v) is 10.7. The molecule has 1 aliphatic heterocycles. The van der Waals surface area contributed by atoms with Gasteiger partial charge in [0.05, 0.1) is 0 Å². The SMILES string of the molecule is O=C(O)[C@H](Cc1ccccc1)N(C(=O)c1ccccc1)N1CCN(c2ccncc2)CC1. The van der Waals surface area contributed by atoms with Gasteiger partial charge in [-0.2, -0.15) is 0 Å². The van der Waals surface area contributed by atoms with Crippen molar-refractivity contribution in [3.8, 4) is 0 Å². The van der Waals surface area contributed by atoms with Crippen molar-refractivity contribution in [3.63, 3.8) is 0 Å². The second-order valence-electron chi connectivity index (χ2n) is 7.71. The highest BCUT2D eigenvalue weighted by Gasteiger charge is 2.36. The summed E-state index contributed by atoms with van der Waals surface area (Å²) in [5.74, 6) is -1.32. The van der Waals surface area contributed by atoms with Gasteiger partial charge in [-0.3, -0.25) is 14.8 Å². The molecule has 1 saturated heterocycles. The van der Waals surface area contributed by atoms with E-state index in [0.717, 1.165) is 11.3 Å². The first-order chi connectivity index (χ1) is 15.6. The lowest BCUT2D eigenvalue weighted by Gasteiger charge is -2.44. The molecule has 0 bridgehead atoms. The normalized spacial score (nSPS) is 15.2. The Morgan fingerprint density at radius 2 is 1.47 bits per heavy atom. The van der Waals surface area contributed by atoms with E-state index in [1.54, 1.807) is 36.7 Å². The highest BCUT2D eigenvalue weighted by molar-refractivity contribution is 5.96. The molecule has 1 aliphatic rings. The molecule has 1 amide bonds. The second-order valence-corrected chi connectivity index (χ2v) is 7.71. The van der Waals surface area contributed by atoms with Crippen LogP contribution < -0.4 is 4.90 Å². The summed E-state index contributed by atoms with van der Waals surface area (Å²) in [6, 6.07) is 21.2. The summed E-state index contributed by atoms with van der Waals surface area (Å²) < 4.78 is 0. The number of anilines is 1. The van der Waals surface area contributed by atoms with Gasteiger partial charge in [0.2, 0.25) is 0 Å². The van der Waals surface area contributed by atoms with Crippen molar-refractivity contribution in [2.75, 3.05) is 31.1 Å². The molecule has 32 heavy (non-hydrogen) atoms. The number of carboxylic acid groups (broad SMARTS) is 1. The second kappa shape index (κ2) is 10.1. The van der Waals surface area contributed by atoms with Crippen LogP contribution in [0.15, 0.2) is 85.2 Å². The molecule has 2 heterocycles. The average molecular weight is 431 g/mol. The molecule has 4 rings (SSSR count). The van der Waals surface area contributed by atoms with Crippen LogP contribution in [0.1, 0.15) is 15.9 Å². The number of amides is 1. The van der Waals surface area contributed by atoms with Crippen LogP contribution in [0.4, 0.5) is 5.69 Å². The minimum atomic E-state index is -1.02. The molecule has 0 spiro atoms. The van der Waals surface area contributed by atoms with Crippen LogP contribution in [-0.2, 0) is 11.2 Å². The van der Waals surface area contributed by atoms with Crippen molar-refractivity contribution < 1.29 is 14.7 Å². The topological polar surface area (TPSA) is 77.0 Å². The minimum absolute atomic E-state index is 0.235. The van der Waals surface area contributed by atoms with Crippen molar-refractivity contribution in [1.29, 1.82) is 0 Å². The molecule has 1 atom stereocenters. The molecule has 7 nitrogen and oxygen atoms in total. The quantitative estimate of drug-likeness (QED) is 0.621. The molecule has 7 heteroatoms. The Balaban J connectivity index is 1.60. The van der Waals surface area contributed by atoms with E-state index in [1.165, 1.54) is 5.01 Å². The fourth-order valence-electron chi connectivity index (χ4n) is 4.02. The fourth-order valence-corrected chi connectivity index (χ4v) is 4.02. The number of nitrogens with zero attached hydrogens (tertiary/aromatic N) is 4. The van der Waals surface area contributed by atoms with Crippen LogP contribution in [0.2, 0.25) is 0 Å². The molecule has 1 N–H and O–H groups in total. The van der Waals surface area contributed by atoms with Crippen LogP contribution >= 0.6 is 0 Å². The van der Waals surface area contributed by atoms with Gasteiger partial charge >= 0.3 is 5.97 Å². The summed E-state index contributed by atoms with van der Waals surface area (Å²) in [6.45, 7) is 2.44. The maximum Gasteiger partial charge on any atom is 0.328 e. The van der Waals surface area contributed by atoms with Crippen LogP contribution in [-0.4, -0.2) is 64.2 Å². The van der Waals surface area contributed by atoms with E-state index >= 15 is 0 Å². The molecule has 3 aromatic rings. The molecule has 0 aliphatic carbocycles. The maximum absolute atomic E-state index is 13.5. The molecule has 0 saturated carbocycles. The maximum atomic E-state index is 13.5. The molecular weight excluding hydrogens is 404 g/mol. The van der Waals surface area contributed by atoms with Gasteiger partial charge in [-0.25, -0.2) is 9.80 Å². The molecule has 2 aromatic carbocycles. The van der Waals surface area contributed by atoms with Crippen LogP contribution in [0.3, 0.4) is 0 Å². The Kier molecular flexibility index (Phi) is 6.77. The van der Waals surface area contributed by atoms with E-state index in [2.05, 4.69) is 9.88 Å². The lowest BCUT2D eigenvalue weighted by Crippen LogP contribution is -2.61. The van der Waals surface area contributed by atoms with Crippen molar-refractivity contribution in [3.05, 3.63) is 96.3 Å². The summed E-state index contributed by atoms with van der Waals surface area (Å²) >= 11 is 0. The van der Waals surface area contributed by atoms with E-state index in [4.69, 9.17) is 0 Å². The summed E-state index contributed by atoms with van der Waals surface area (Å²) in [5.41, 5.74) is 2.42. The number of aliphatic carboxylic acids is 1. The third kappa shape index (κ3) is 4.95. The Morgan fingerprint density at radius 3 is 2.06 bits per heavy atom. The Labute approximate surface area is 187 Å². The van der Waals surface area contributed by atoms with Gasteiger partial charge in [-0.05, 0) is 29.8 Å². The van der Waals surface area contributed by atoms with Gasteiger partial charge in [0, 0.05) is 56.2 Å². The van der Waals surface area contributed by atoms with Crippen molar-refractivity contribution in [1.82, 2.24) is 15.0 Å². The van der Waals surface area contributed by atoms with Gasteiger partial charge in [0.25, 0.3) is 5.91 Å². The smallest absolute Gasteiger partial charge is 0.328 e. The zero-order valence-electron chi connectivity index (χ0n) is 17.7. The monoisotopic (exact) mass is 430 g/mol. The van der Waals surface area contributed by atoms with E-state index < -0.39 is 12.0 Å².